The SMILES string of the molecule is CCCCOC(=O)CNC(=O)Cc1ccc(-n2cnnn2)cc1. The molecule has 2 aromatic rings. The van der Waals surface area contributed by atoms with Gasteiger partial charge in [-0.3, -0.25) is 9.59 Å². The lowest BCUT2D eigenvalue weighted by Gasteiger charge is -2.06. The van der Waals surface area contributed by atoms with Gasteiger partial charge in [0, 0.05) is 0 Å². The summed E-state index contributed by atoms with van der Waals surface area (Å²) in [6.45, 7) is 2.30. The number of ether oxygens (including phenoxy) is 1. The first-order chi connectivity index (χ1) is 11.2. The highest BCUT2D eigenvalue weighted by Crippen LogP contribution is 2.08. The zero-order valence-corrected chi connectivity index (χ0v) is 12.9. The predicted molar refractivity (Wildman–Crippen MR) is 81.7 cm³/mol. The maximum Gasteiger partial charge on any atom is 0.325 e. The molecule has 1 aromatic heterocycles. The maximum absolute atomic E-state index is 11.8. The van der Waals surface area contributed by atoms with Crippen LogP contribution in [0.2, 0.25) is 0 Å². The molecular weight excluding hydrogens is 298 g/mol. The smallest absolute Gasteiger partial charge is 0.325 e. The molecule has 2 rings (SSSR count). The summed E-state index contributed by atoms with van der Waals surface area (Å²) in [5.41, 5.74) is 1.64. The number of rotatable bonds is 8. The quantitative estimate of drug-likeness (QED) is 0.567. The molecule has 0 aliphatic rings. The van der Waals surface area contributed by atoms with E-state index in [1.165, 1.54) is 11.0 Å². The number of carbonyl (C=O) groups excluding carboxylic acids is 2. The zero-order chi connectivity index (χ0) is 16.5. The number of nitrogens with zero attached hydrogens (tertiary/aromatic N) is 4. The molecule has 23 heavy (non-hydrogen) atoms. The van der Waals surface area contributed by atoms with Gasteiger partial charge in [-0.25, -0.2) is 4.68 Å². The molecule has 0 bridgehead atoms. The number of hydrogen-bond donors (Lipinski definition) is 1. The highest BCUT2D eigenvalue weighted by molar-refractivity contribution is 5.83. The van der Waals surface area contributed by atoms with Crippen LogP contribution in [0.5, 0.6) is 0 Å². The van der Waals surface area contributed by atoms with Crippen molar-refractivity contribution in [2.75, 3.05) is 13.2 Å². The second-order valence-corrected chi connectivity index (χ2v) is 4.95. The van der Waals surface area contributed by atoms with E-state index in [0.717, 1.165) is 24.1 Å². The second-order valence-electron chi connectivity index (χ2n) is 4.95. The van der Waals surface area contributed by atoms with Crippen molar-refractivity contribution in [3.63, 3.8) is 0 Å². The Labute approximate surface area is 133 Å². The largest absolute Gasteiger partial charge is 0.464 e. The third kappa shape index (κ3) is 5.50. The molecule has 1 aromatic carbocycles. The first kappa shape index (κ1) is 16.6. The van der Waals surface area contributed by atoms with E-state index in [4.69, 9.17) is 4.74 Å². The predicted octanol–water partition coefficient (Wildman–Crippen LogP) is 0.664. The van der Waals surface area contributed by atoms with E-state index >= 15 is 0 Å². The standard InChI is InChI=1S/C15H19N5O3/c1-2-3-8-23-15(22)10-16-14(21)9-12-4-6-13(7-5-12)20-11-17-18-19-20/h4-7,11H,2-3,8-10H2,1H3,(H,16,21). The van der Waals surface area contributed by atoms with Crippen LogP contribution in [0.4, 0.5) is 0 Å². The Morgan fingerprint density at radius 2 is 2.04 bits per heavy atom. The Balaban J connectivity index is 1.76. The molecule has 0 radical (unpaired) electrons. The van der Waals surface area contributed by atoms with Crippen molar-refractivity contribution in [3.05, 3.63) is 36.2 Å². The number of nitrogens with one attached hydrogen (secondary N) is 1. The number of aromatic nitrogens is 4. The number of unbranched alkanes of at least 4 members (excludes halogenated alkanes) is 1. The Morgan fingerprint density at radius 3 is 2.70 bits per heavy atom. The van der Waals surface area contributed by atoms with Gasteiger partial charge in [0.25, 0.3) is 0 Å². The van der Waals surface area contributed by atoms with Crippen molar-refractivity contribution in [1.82, 2.24) is 25.5 Å². The fourth-order valence-corrected chi connectivity index (χ4v) is 1.85. The highest BCUT2D eigenvalue weighted by Gasteiger charge is 2.08. The minimum absolute atomic E-state index is 0.106. The molecule has 0 saturated heterocycles. The molecule has 8 nitrogen and oxygen atoms in total. The molecule has 1 amide bonds. The molecule has 1 heterocycles. The molecule has 122 valence electrons. The van der Waals surface area contributed by atoms with Crippen LogP contribution in [-0.4, -0.2) is 45.2 Å². The van der Waals surface area contributed by atoms with Crippen molar-refractivity contribution >= 4 is 11.9 Å². The van der Waals surface area contributed by atoms with E-state index in [1.54, 1.807) is 0 Å². The van der Waals surface area contributed by atoms with Crippen LogP contribution in [0.15, 0.2) is 30.6 Å². The number of tetrazole rings is 1. The van der Waals surface area contributed by atoms with Gasteiger partial charge in [0.1, 0.15) is 12.9 Å². The summed E-state index contributed by atoms with van der Waals surface area (Å²) < 4.78 is 6.49. The van der Waals surface area contributed by atoms with Gasteiger partial charge in [0.15, 0.2) is 0 Å². The maximum atomic E-state index is 11.8. The Morgan fingerprint density at radius 1 is 1.26 bits per heavy atom. The lowest BCUT2D eigenvalue weighted by atomic mass is 10.1. The van der Waals surface area contributed by atoms with E-state index in [2.05, 4.69) is 20.8 Å². The minimum Gasteiger partial charge on any atom is -0.464 e. The number of benzene rings is 1. The summed E-state index contributed by atoms with van der Waals surface area (Å²) >= 11 is 0. The van der Waals surface area contributed by atoms with Crippen LogP contribution in [-0.2, 0) is 20.7 Å². The lowest BCUT2D eigenvalue weighted by molar-refractivity contribution is -0.144. The highest BCUT2D eigenvalue weighted by atomic mass is 16.5. The van der Waals surface area contributed by atoms with E-state index in [1.807, 2.05) is 31.2 Å². The number of amides is 1. The van der Waals surface area contributed by atoms with Gasteiger partial charge in [0.2, 0.25) is 5.91 Å². The van der Waals surface area contributed by atoms with Gasteiger partial charge in [-0.05, 0) is 34.5 Å². The first-order valence-electron chi connectivity index (χ1n) is 7.43. The van der Waals surface area contributed by atoms with Crippen molar-refractivity contribution in [3.8, 4) is 5.69 Å². The first-order valence-corrected chi connectivity index (χ1v) is 7.43. The second kappa shape index (κ2) is 8.62. The van der Waals surface area contributed by atoms with Crippen molar-refractivity contribution in [2.24, 2.45) is 0 Å². The summed E-state index contributed by atoms with van der Waals surface area (Å²) in [6, 6.07) is 7.27. The third-order valence-electron chi connectivity index (χ3n) is 3.11. The fourth-order valence-electron chi connectivity index (χ4n) is 1.85. The van der Waals surface area contributed by atoms with Gasteiger partial charge in [0.05, 0.1) is 18.7 Å². The van der Waals surface area contributed by atoms with Gasteiger partial charge in [-0.15, -0.1) is 5.10 Å². The third-order valence-corrected chi connectivity index (χ3v) is 3.11. The number of hydrogen-bond acceptors (Lipinski definition) is 6. The normalized spacial score (nSPS) is 10.3. The van der Waals surface area contributed by atoms with E-state index in [0.29, 0.717) is 6.61 Å². The topological polar surface area (TPSA) is 99.0 Å². The van der Waals surface area contributed by atoms with Crippen LogP contribution in [0.25, 0.3) is 5.69 Å². The molecule has 8 heteroatoms. The van der Waals surface area contributed by atoms with Gasteiger partial charge in [-0.2, -0.15) is 0 Å². The average Bonchev–Trinajstić information content (AvgIpc) is 3.08. The Hall–Kier alpha value is -2.77. The lowest BCUT2D eigenvalue weighted by Crippen LogP contribution is -2.31. The van der Waals surface area contributed by atoms with Crippen molar-refractivity contribution < 1.29 is 14.3 Å². The van der Waals surface area contributed by atoms with Crippen LogP contribution >= 0.6 is 0 Å². The Kier molecular flexibility index (Phi) is 6.22. The summed E-state index contributed by atoms with van der Waals surface area (Å²) in [6.07, 6.45) is 3.47. The van der Waals surface area contributed by atoms with Crippen LogP contribution in [0, 0.1) is 0 Å². The molecule has 0 saturated carbocycles. The molecular formula is C15H19N5O3. The van der Waals surface area contributed by atoms with E-state index in [9.17, 15) is 9.59 Å². The summed E-state index contributed by atoms with van der Waals surface area (Å²) in [4.78, 5) is 23.2. The van der Waals surface area contributed by atoms with Crippen LogP contribution < -0.4 is 5.32 Å². The molecule has 0 aliphatic carbocycles. The van der Waals surface area contributed by atoms with Gasteiger partial charge in [-0.1, -0.05) is 25.5 Å². The fraction of sp³-hybridized carbons (Fsp3) is 0.400. The monoisotopic (exact) mass is 317 g/mol. The van der Waals surface area contributed by atoms with Crippen molar-refractivity contribution in [1.29, 1.82) is 0 Å². The Bertz CT molecular complexity index is 625. The molecule has 0 fully saturated rings. The molecule has 0 spiro atoms. The molecule has 1 N–H and O–H groups in total. The molecule has 0 unspecified atom stereocenters. The van der Waals surface area contributed by atoms with Crippen LogP contribution in [0.1, 0.15) is 25.3 Å². The molecule has 0 atom stereocenters. The van der Waals surface area contributed by atoms with E-state index < -0.39 is 5.97 Å². The average molecular weight is 317 g/mol. The summed E-state index contributed by atoms with van der Waals surface area (Å²) in [5, 5.41) is 13.5. The summed E-state index contributed by atoms with van der Waals surface area (Å²) in [7, 11) is 0. The van der Waals surface area contributed by atoms with Gasteiger partial charge >= 0.3 is 5.97 Å². The minimum atomic E-state index is -0.416. The summed E-state index contributed by atoms with van der Waals surface area (Å²) in [5.74, 6) is -0.645. The van der Waals surface area contributed by atoms with Crippen LogP contribution in [0.3, 0.4) is 0 Å². The van der Waals surface area contributed by atoms with Crippen molar-refractivity contribution in [2.45, 2.75) is 26.2 Å². The number of carbonyl (C=O) groups is 2. The van der Waals surface area contributed by atoms with E-state index in [-0.39, 0.29) is 18.9 Å². The van der Waals surface area contributed by atoms with Gasteiger partial charge < -0.3 is 10.1 Å². The molecule has 0 aliphatic heterocycles. The zero-order valence-electron chi connectivity index (χ0n) is 12.9. The number of esters is 1.